The van der Waals surface area contributed by atoms with Crippen molar-refractivity contribution in [3.63, 3.8) is 0 Å². The van der Waals surface area contributed by atoms with Gasteiger partial charge < -0.3 is 0 Å². The molecule has 10 heteroatoms. The first-order chi connectivity index (χ1) is 9.50. The van der Waals surface area contributed by atoms with Crippen molar-refractivity contribution in [3.8, 4) is 0 Å². The first-order valence-corrected chi connectivity index (χ1v) is 9.20. The molecule has 0 bridgehead atoms. The van der Waals surface area contributed by atoms with Gasteiger partial charge in [0, 0.05) is 6.04 Å². The van der Waals surface area contributed by atoms with Gasteiger partial charge in [-0.2, -0.15) is 13.2 Å². The Labute approximate surface area is 120 Å². The molecule has 1 aliphatic rings. The highest BCUT2D eigenvalue weighted by Crippen LogP contribution is 2.29. The van der Waals surface area contributed by atoms with Crippen molar-refractivity contribution < 1.29 is 30.0 Å². The molecule has 1 atom stereocenters. The van der Waals surface area contributed by atoms with Crippen molar-refractivity contribution >= 4 is 19.9 Å². The van der Waals surface area contributed by atoms with Crippen LogP contribution in [0, 0.1) is 0 Å². The number of alkyl halides is 3. The Bertz CT molecular complexity index is 724. The van der Waals surface area contributed by atoms with Crippen LogP contribution < -0.4 is 4.72 Å². The molecular weight excluding hydrogens is 331 g/mol. The second-order valence-corrected chi connectivity index (χ2v) is 8.69. The van der Waals surface area contributed by atoms with Crippen molar-refractivity contribution in [2.45, 2.75) is 23.5 Å². The van der Waals surface area contributed by atoms with Gasteiger partial charge in [0.25, 0.3) is 0 Å². The lowest BCUT2D eigenvalue weighted by Gasteiger charge is -2.12. The number of rotatable bonds is 3. The van der Waals surface area contributed by atoms with Crippen LogP contribution in [0.25, 0.3) is 0 Å². The summed E-state index contributed by atoms with van der Waals surface area (Å²) >= 11 is 0. The van der Waals surface area contributed by atoms with Crippen LogP contribution in [0.5, 0.6) is 0 Å². The lowest BCUT2D eigenvalue weighted by atomic mass is 10.2. The van der Waals surface area contributed by atoms with Gasteiger partial charge >= 0.3 is 6.18 Å². The number of benzene rings is 1. The molecular formula is C11H12F3NO4S2. The molecule has 2 rings (SSSR count). The van der Waals surface area contributed by atoms with Crippen molar-refractivity contribution in [3.05, 3.63) is 29.8 Å². The van der Waals surface area contributed by atoms with Crippen molar-refractivity contribution in [1.82, 2.24) is 4.72 Å². The zero-order chi connectivity index (χ0) is 15.9. The van der Waals surface area contributed by atoms with Crippen molar-refractivity contribution in [2.24, 2.45) is 0 Å². The minimum absolute atomic E-state index is 0.104. The van der Waals surface area contributed by atoms with Crippen LogP contribution >= 0.6 is 0 Å². The molecule has 1 heterocycles. The van der Waals surface area contributed by atoms with Gasteiger partial charge in [-0.3, -0.25) is 0 Å². The van der Waals surface area contributed by atoms with Gasteiger partial charge in [0.05, 0.1) is 22.0 Å². The molecule has 0 unspecified atom stereocenters. The van der Waals surface area contributed by atoms with E-state index in [9.17, 15) is 30.0 Å². The van der Waals surface area contributed by atoms with E-state index in [1.165, 1.54) is 0 Å². The molecule has 118 valence electrons. The molecule has 0 spiro atoms. The summed E-state index contributed by atoms with van der Waals surface area (Å²) in [4.78, 5) is -0.334. The van der Waals surface area contributed by atoms with E-state index in [0.717, 1.165) is 12.1 Å². The van der Waals surface area contributed by atoms with Crippen LogP contribution in [-0.4, -0.2) is 34.4 Å². The quantitative estimate of drug-likeness (QED) is 0.893. The fraction of sp³-hybridized carbons (Fsp3) is 0.455. The number of nitrogens with one attached hydrogen (secondary N) is 1. The Morgan fingerprint density at radius 1 is 1.14 bits per heavy atom. The maximum absolute atomic E-state index is 12.4. The molecule has 0 aromatic heterocycles. The van der Waals surface area contributed by atoms with Crippen LogP contribution in [0.3, 0.4) is 0 Å². The van der Waals surface area contributed by atoms with Crippen LogP contribution in [0.1, 0.15) is 12.0 Å². The minimum atomic E-state index is -4.55. The molecule has 1 aromatic carbocycles. The summed E-state index contributed by atoms with van der Waals surface area (Å²) in [6.07, 6.45) is -4.39. The second kappa shape index (κ2) is 5.25. The largest absolute Gasteiger partial charge is 0.416 e. The van der Waals surface area contributed by atoms with E-state index in [4.69, 9.17) is 0 Å². The summed E-state index contributed by atoms with van der Waals surface area (Å²) in [5, 5.41) is 0. The zero-order valence-corrected chi connectivity index (χ0v) is 12.2. The Kier molecular flexibility index (Phi) is 4.06. The maximum atomic E-state index is 12.4. The smallest absolute Gasteiger partial charge is 0.229 e. The van der Waals surface area contributed by atoms with Gasteiger partial charge in [-0.25, -0.2) is 21.6 Å². The van der Waals surface area contributed by atoms with Gasteiger partial charge in [-0.05, 0) is 30.7 Å². The van der Waals surface area contributed by atoms with Gasteiger partial charge in [0.2, 0.25) is 10.0 Å². The minimum Gasteiger partial charge on any atom is -0.229 e. The standard InChI is InChI=1S/C11H12F3NO4S2/c12-11(13,14)8-1-3-10(4-2-8)21(18,19)15-9-5-6-20(16,17)7-9/h1-4,9,15H,5-7H2/t9-/m1/s1. The third kappa shape index (κ3) is 3.95. The van der Waals surface area contributed by atoms with Gasteiger partial charge in [-0.1, -0.05) is 0 Å². The number of sulfone groups is 1. The molecule has 5 nitrogen and oxygen atoms in total. The third-order valence-electron chi connectivity index (χ3n) is 3.05. The highest BCUT2D eigenvalue weighted by Gasteiger charge is 2.33. The molecule has 1 saturated heterocycles. The van der Waals surface area contributed by atoms with Crippen LogP contribution in [0.4, 0.5) is 13.2 Å². The molecule has 0 radical (unpaired) electrons. The SMILES string of the molecule is O=S1(=O)CC[C@@H](NS(=O)(=O)c2ccc(C(F)(F)F)cc2)C1. The summed E-state index contributed by atoms with van der Waals surface area (Å²) in [5.74, 6) is -0.403. The number of hydrogen-bond donors (Lipinski definition) is 1. The maximum Gasteiger partial charge on any atom is 0.416 e. The highest BCUT2D eigenvalue weighted by molar-refractivity contribution is 7.92. The topological polar surface area (TPSA) is 80.3 Å². The molecule has 1 aromatic rings. The van der Waals surface area contributed by atoms with Crippen LogP contribution in [0.2, 0.25) is 0 Å². The van der Waals surface area contributed by atoms with Crippen LogP contribution in [0.15, 0.2) is 29.2 Å². The number of sulfonamides is 1. The molecule has 0 aliphatic carbocycles. The Balaban J connectivity index is 2.17. The first-order valence-electron chi connectivity index (χ1n) is 5.90. The summed E-state index contributed by atoms with van der Waals surface area (Å²) in [6, 6.07) is 2.27. The Morgan fingerprint density at radius 2 is 1.71 bits per heavy atom. The van der Waals surface area contributed by atoms with Gasteiger partial charge in [-0.15, -0.1) is 0 Å². The van der Waals surface area contributed by atoms with Crippen molar-refractivity contribution in [2.75, 3.05) is 11.5 Å². The van der Waals surface area contributed by atoms with E-state index >= 15 is 0 Å². The molecule has 21 heavy (non-hydrogen) atoms. The normalized spacial score (nSPS) is 22.3. The predicted molar refractivity (Wildman–Crippen MR) is 68.8 cm³/mol. The zero-order valence-electron chi connectivity index (χ0n) is 10.6. The van der Waals surface area contributed by atoms with E-state index in [0.29, 0.717) is 12.1 Å². The second-order valence-electron chi connectivity index (χ2n) is 4.74. The monoisotopic (exact) mass is 343 g/mol. The molecule has 1 N–H and O–H groups in total. The summed E-state index contributed by atoms with van der Waals surface area (Å²) < 4.78 is 85.9. The van der Waals surface area contributed by atoms with E-state index in [-0.39, 0.29) is 22.8 Å². The third-order valence-corrected chi connectivity index (χ3v) is 6.35. The fourth-order valence-electron chi connectivity index (χ4n) is 2.00. The Hall–Kier alpha value is -1.13. The van der Waals surface area contributed by atoms with Gasteiger partial charge in [0.1, 0.15) is 0 Å². The predicted octanol–water partition coefficient (Wildman–Crippen LogP) is 1.17. The van der Waals surface area contributed by atoms with E-state index in [1.807, 2.05) is 0 Å². The van der Waals surface area contributed by atoms with Gasteiger partial charge in [0.15, 0.2) is 9.84 Å². The lowest BCUT2D eigenvalue weighted by Crippen LogP contribution is -2.35. The van der Waals surface area contributed by atoms with Crippen molar-refractivity contribution in [1.29, 1.82) is 0 Å². The van der Waals surface area contributed by atoms with E-state index in [2.05, 4.69) is 4.72 Å². The summed E-state index contributed by atoms with van der Waals surface area (Å²) in [6.45, 7) is 0. The number of hydrogen-bond acceptors (Lipinski definition) is 4. The average molecular weight is 343 g/mol. The molecule has 1 fully saturated rings. The van der Waals surface area contributed by atoms with E-state index in [1.54, 1.807) is 0 Å². The number of halogens is 3. The van der Waals surface area contributed by atoms with Crippen LogP contribution in [-0.2, 0) is 26.0 Å². The average Bonchev–Trinajstić information content (AvgIpc) is 2.67. The highest BCUT2D eigenvalue weighted by atomic mass is 32.2. The first kappa shape index (κ1) is 16.2. The Morgan fingerprint density at radius 3 is 2.14 bits per heavy atom. The molecule has 0 saturated carbocycles. The molecule has 0 amide bonds. The molecule has 1 aliphatic heterocycles. The fourth-order valence-corrected chi connectivity index (χ4v) is 5.05. The summed E-state index contributed by atoms with van der Waals surface area (Å²) in [5.41, 5.74) is -0.954. The summed E-state index contributed by atoms with van der Waals surface area (Å²) in [7, 11) is -7.29. The van der Waals surface area contributed by atoms with E-state index < -0.39 is 37.6 Å². The lowest BCUT2D eigenvalue weighted by molar-refractivity contribution is -0.137.